The number of carbonyl (C=O) groups is 1. The van der Waals surface area contributed by atoms with E-state index in [0.717, 1.165) is 12.8 Å². The summed E-state index contributed by atoms with van der Waals surface area (Å²) in [5.41, 5.74) is 5.65. The number of piperidine rings is 1. The Labute approximate surface area is 132 Å². The quantitative estimate of drug-likeness (QED) is 0.916. The average Bonchev–Trinajstić information content (AvgIpc) is 2.99. The molecule has 1 aliphatic rings. The molecule has 3 heterocycles. The fourth-order valence-corrected chi connectivity index (χ4v) is 3.77. The Morgan fingerprint density at radius 3 is 3.14 bits per heavy atom. The zero-order valence-corrected chi connectivity index (χ0v) is 13.4. The Hall–Kier alpha value is -1.73. The van der Waals surface area contributed by atoms with Crippen LogP contribution in [0.4, 0.5) is 0 Å². The molecular formula is C15H20N4O2S. The van der Waals surface area contributed by atoms with Gasteiger partial charge in [0.15, 0.2) is 0 Å². The highest BCUT2D eigenvalue weighted by Crippen LogP contribution is 2.22. The molecular weight excluding hydrogens is 300 g/mol. The molecule has 22 heavy (non-hydrogen) atoms. The predicted molar refractivity (Wildman–Crippen MR) is 86.8 cm³/mol. The van der Waals surface area contributed by atoms with Gasteiger partial charge in [-0.15, -0.1) is 11.3 Å². The Morgan fingerprint density at radius 2 is 2.36 bits per heavy atom. The van der Waals surface area contributed by atoms with Crippen molar-refractivity contribution < 1.29 is 4.79 Å². The normalized spacial score (nSPS) is 22.2. The lowest BCUT2D eigenvalue weighted by atomic mass is 9.92. The maximum atomic E-state index is 12.6. The maximum absolute atomic E-state index is 12.6. The molecule has 3 rings (SSSR count). The fraction of sp³-hybridized carbons (Fsp3) is 0.533. The summed E-state index contributed by atoms with van der Waals surface area (Å²) in [6, 6.07) is 1.83. The summed E-state index contributed by atoms with van der Waals surface area (Å²) >= 11 is 1.43. The molecule has 2 unspecified atom stereocenters. The molecule has 7 heteroatoms. The van der Waals surface area contributed by atoms with E-state index in [1.807, 2.05) is 10.3 Å². The van der Waals surface area contributed by atoms with Gasteiger partial charge < -0.3 is 10.6 Å². The molecule has 1 saturated heterocycles. The second kappa shape index (κ2) is 6.18. The zero-order chi connectivity index (χ0) is 15.7. The summed E-state index contributed by atoms with van der Waals surface area (Å²) < 4.78 is 1.39. The van der Waals surface area contributed by atoms with Gasteiger partial charge in [0.1, 0.15) is 11.4 Å². The van der Waals surface area contributed by atoms with Crippen molar-refractivity contribution in [3.05, 3.63) is 28.1 Å². The van der Waals surface area contributed by atoms with Crippen molar-refractivity contribution in [1.29, 1.82) is 0 Å². The van der Waals surface area contributed by atoms with Gasteiger partial charge in [0.05, 0.1) is 11.7 Å². The lowest BCUT2D eigenvalue weighted by Crippen LogP contribution is -2.50. The third kappa shape index (κ3) is 2.78. The number of hydrogen-bond acceptors (Lipinski definition) is 5. The van der Waals surface area contributed by atoms with Gasteiger partial charge in [-0.2, -0.15) is 0 Å². The second-order valence-corrected chi connectivity index (χ2v) is 6.82. The van der Waals surface area contributed by atoms with Crippen molar-refractivity contribution in [2.45, 2.75) is 32.4 Å². The molecule has 2 aromatic heterocycles. The topological polar surface area (TPSA) is 81.2 Å². The Balaban J connectivity index is 1.80. The highest BCUT2D eigenvalue weighted by atomic mass is 32.1. The first-order valence-corrected chi connectivity index (χ1v) is 8.40. The van der Waals surface area contributed by atoms with Crippen LogP contribution in [0.15, 0.2) is 22.6 Å². The van der Waals surface area contributed by atoms with E-state index in [-0.39, 0.29) is 24.1 Å². The van der Waals surface area contributed by atoms with Crippen LogP contribution in [0.2, 0.25) is 0 Å². The van der Waals surface area contributed by atoms with Gasteiger partial charge in [0, 0.05) is 19.1 Å². The van der Waals surface area contributed by atoms with Crippen LogP contribution in [-0.2, 0) is 11.3 Å². The van der Waals surface area contributed by atoms with Crippen molar-refractivity contribution in [3.63, 3.8) is 0 Å². The number of likely N-dealkylation sites (tertiary alicyclic amines) is 1. The lowest BCUT2D eigenvalue weighted by molar-refractivity contribution is -0.136. The molecule has 0 aromatic carbocycles. The summed E-state index contributed by atoms with van der Waals surface area (Å²) in [4.78, 5) is 31.7. The van der Waals surface area contributed by atoms with E-state index >= 15 is 0 Å². The van der Waals surface area contributed by atoms with Gasteiger partial charge in [0.25, 0.3) is 5.56 Å². The Bertz CT molecular complexity index is 738. The Kier molecular flexibility index (Phi) is 4.26. The number of thiophene rings is 1. The minimum absolute atomic E-state index is 0.0303. The smallest absolute Gasteiger partial charge is 0.262 e. The van der Waals surface area contributed by atoms with E-state index in [4.69, 9.17) is 5.73 Å². The number of amides is 1. The van der Waals surface area contributed by atoms with E-state index in [1.165, 1.54) is 22.2 Å². The van der Waals surface area contributed by atoms with E-state index in [1.54, 1.807) is 6.07 Å². The molecule has 0 aliphatic carbocycles. The molecule has 0 saturated carbocycles. The SMILES string of the molecule is CC1CCN(C(=O)Cn2cnc3sccc3c2=O)C(CN)C1. The maximum Gasteiger partial charge on any atom is 0.262 e. The summed E-state index contributed by atoms with van der Waals surface area (Å²) in [6.07, 6.45) is 3.38. The minimum Gasteiger partial charge on any atom is -0.337 e. The highest BCUT2D eigenvalue weighted by molar-refractivity contribution is 7.16. The molecule has 0 spiro atoms. The number of rotatable bonds is 3. The molecule has 6 nitrogen and oxygen atoms in total. The van der Waals surface area contributed by atoms with Crippen molar-refractivity contribution >= 4 is 27.5 Å². The molecule has 2 atom stereocenters. The van der Waals surface area contributed by atoms with Crippen molar-refractivity contribution in [1.82, 2.24) is 14.5 Å². The molecule has 118 valence electrons. The first-order chi connectivity index (χ1) is 10.6. The monoisotopic (exact) mass is 320 g/mol. The number of nitrogens with zero attached hydrogens (tertiary/aromatic N) is 3. The summed E-state index contributed by atoms with van der Waals surface area (Å²) in [7, 11) is 0. The molecule has 2 aromatic rings. The third-order valence-corrected chi connectivity index (χ3v) is 5.15. The van der Waals surface area contributed by atoms with Gasteiger partial charge in [-0.1, -0.05) is 6.92 Å². The van der Waals surface area contributed by atoms with Crippen LogP contribution in [0.1, 0.15) is 19.8 Å². The second-order valence-electron chi connectivity index (χ2n) is 5.92. The van der Waals surface area contributed by atoms with Crippen LogP contribution in [-0.4, -0.2) is 39.5 Å². The number of hydrogen-bond donors (Lipinski definition) is 1. The third-order valence-electron chi connectivity index (χ3n) is 4.33. The molecule has 1 aliphatic heterocycles. The van der Waals surface area contributed by atoms with Gasteiger partial charge >= 0.3 is 0 Å². The first kappa shape index (κ1) is 15.2. The number of nitrogens with two attached hydrogens (primary N) is 1. The van der Waals surface area contributed by atoms with E-state index in [2.05, 4.69) is 11.9 Å². The van der Waals surface area contributed by atoms with Gasteiger partial charge in [0.2, 0.25) is 5.91 Å². The van der Waals surface area contributed by atoms with Crippen LogP contribution < -0.4 is 11.3 Å². The number of aromatic nitrogens is 2. The van der Waals surface area contributed by atoms with E-state index < -0.39 is 0 Å². The molecule has 0 bridgehead atoms. The van der Waals surface area contributed by atoms with Crippen LogP contribution in [0.25, 0.3) is 10.2 Å². The van der Waals surface area contributed by atoms with Crippen LogP contribution in [0.3, 0.4) is 0 Å². The molecule has 2 N–H and O–H groups in total. The predicted octanol–water partition coefficient (Wildman–Crippen LogP) is 1.04. The summed E-state index contributed by atoms with van der Waals surface area (Å²) in [5, 5.41) is 2.41. The standard InChI is InChI=1S/C15H20N4O2S/c1-10-2-4-19(11(6-10)7-16)13(20)8-18-9-17-14-12(15(18)21)3-5-22-14/h3,5,9-11H,2,4,6-8,16H2,1H3. The van der Waals surface area contributed by atoms with Gasteiger partial charge in [-0.25, -0.2) is 4.98 Å². The van der Waals surface area contributed by atoms with E-state index in [9.17, 15) is 9.59 Å². The van der Waals surface area contributed by atoms with Crippen LogP contribution in [0, 0.1) is 5.92 Å². The number of carbonyl (C=O) groups excluding carboxylic acids is 1. The van der Waals surface area contributed by atoms with Gasteiger partial charge in [-0.05, 0) is 30.2 Å². The summed E-state index contributed by atoms with van der Waals surface area (Å²) in [6.45, 7) is 3.39. The molecule has 1 fully saturated rings. The number of fused-ring (bicyclic) bond motifs is 1. The van der Waals surface area contributed by atoms with Gasteiger partial charge in [-0.3, -0.25) is 14.2 Å². The Morgan fingerprint density at radius 1 is 1.55 bits per heavy atom. The van der Waals surface area contributed by atoms with E-state index in [0.29, 0.717) is 29.2 Å². The van der Waals surface area contributed by atoms with Crippen molar-refractivity contribution in [2.75, 3.05) is 13.1 Å². The van der Waals surface area contributed by atoms with Crippen LogP contribution >= 0.6 is 11.3 Å². The lowest BCUT2D eigenvalue weighted by Gasteiger charge is -2.38. The van der Waals surface area contributed by atoms with Crippen molar-refractivity contribution in [2.24, 2.45) is 11.7 Å². The zero-order valence-electron chi connectivity index (χ0n) is 12.6. The summed E-state index contributed by atoms with van der Waals surface area (Å²) in [5.74, 6) is 0.532. The van der Waals surface area contributed by atoms with Crippen LogP contribution in [0.5, 0.6) is 0 Å². The van der Waals surface area contributed by atoms with Crippen molar-refractivity contribution in [3.8, 4) is 0 Å². The largest absolute Gasteiger partial charge is 0.337 e. The highest BCUT2D eigenvalue weighted by Gasteiger charge is 2.29. The molecule has 1 amide bonds. The fourth-order valence-electron chi connectivity index (χ4n) is 3.05. The molecule has 0 radical (unpaired) electrons. The minimum atomic E-state index is -0.158. The first-order valence-electron chi connectivity index (χ1n) is 7.52. The average molecular weight is 320 g/mol.